The Balaban J connectivity index is 1.75. The van der Waals surface area contributed by atoms with Crippen molar-refractivity contribution in [2.45, 2.75) is 6.54 Å². The zero-order valence-corrected chi connectivity index (χ0v) is 19.3. The molecule has 1 amide bonds. The highest BCUT2D eigenvalue weighted by Gasteiger charge is 2.16. The number of nitrogens with zero attached hydrogens (tertiary/aromatic N) is 2. The van der Waals surface area contributed by atoms with Crippen LogP contribution in [0.3, 0.4) is 0 Å². The fourth-order valence-corrected chi connectivity index (χ4v) is 4.68. The number of amides is 1. The minimum absolute atomic E-state index is 0.225. The van der Waals surface area contributed by atoms with Crippen LogP contribution in [0.2, 0.25) is 10.0 Å². The first kappa shape index (κ1) is 19.4. The first-order chi connectivity index (χ1) is 11.8. The molecule has 0 fully saturated rings. The molecule has 0 atom stereocenters. The number of carbonyl (C=O) groups excluding carboxylic acids is 1. The van der Waals surface area contributed by atoms with E-state index in [4.69, 9.17) is 23.2 Å². The highest BCUT2D eigenvalue weighted by molar-refractivity contribution is 9.13. The molecule has 0 aliphatic carbocycles. The summed E-state index contributed by atoms with van der Waals surface area (Å²) in [5.74, 6) is 0.225. The van der Waals surface area contributed by atoms with Crippen LogP contribution in [0.1, 0.15) is 15.2 Å². The molecule has 3 rings (SSSR count). The smallest absolute Gasteiger partial charge is 0.267 e. The van der Waals surface area contributed by atoms with Crippen LogP contribution in [0.5, 0.6) is 0 Å². The van der Waals surface area contributed by atoms with Gasteiger partial charge in [0.25, 0.3) is 5.91 Å². The summed E-state index contributed by atoms with van der Waals surface area (Å²) in [7, 11) is 0. The lowest BCUT2D eigenvalue weighted by molar-refractivity contribution is 0.103. The van der Waals surface area contributed by atoms with Gasteiger partial charge >= 0.3 is 0 Å². The summed E-state index contributed by atoms with van der Waals surface area (Å²) in [6.45, 7) is 0.501. The molecule has 10 heteroatoms. The van der Waals surface area contributed by atoms with Gasteiger partial charge in [0, 0.05) is 10.7 Å². The van der Waals surface area contributed by atoms with Crippen molar-refractivity contribution >= 4 is 94.1 Å². The molecule has 2 aromatic heterocycles. The number of benzene rings is 1. The highest BCUT2D eigenvalue weighted by Crippen LogP contribution is 2.33. The molecule has 3 aromatic rings. The van der Waals surface area contributed by atoms with Gasteiger partial charge in [-0.2, -0.15) is 5.10 Å². The van der Waals surface area contributed by atoms with Gasteiger partial charge in [-0.05, 0) is 71.6 Å². The van der Waals surface area contributed by atoms with E-state index >= 15 is 0 Å². The number of anilines is 1. The first-order valence-corrected chi connectivity index (χ1v) is 10.7. The quantitative estimate of drug-likeness (QED) is 0.363. The van der Waals surface area contributed by atoms with E-state index in [1.807, 2.05) is 6.07 Å². The summed E-state index contributed by atoms with van der Waals surface area (Å²) in [6, 6.07) is 7.17. The molecule has 0 bridgehead atoms. The number of thiophene rings is 1. The molecule has 25 heavy (non-hydrogen) atoms. The maximum Gasteiger partial charge on any atom is 0.267 e. The number of nitrogens with one attached hydrogen (secondary N) is 1. The van der Waals surface area contributed by atoms with Crippen LogP contribution < -0.4 is 5.32 Å². The van der Waals surface area contributed by atoms with Crippen molar-refractivity contribution in [2.24, 2.45) is 0 Å². The van der Waals surface area contributed by atoms with Gasteiger partial charge in [-0.1, -0.05) is 29.3 Å². The summed E-state index contributed by atoms with van der Waals surface area (Å²) in [5, 5.41) is 8.19. The van der Waals surface area contributed by atoms with E-state index < -0.39 is 0 Å². The van der Waals surface area contributed by atoms with Crippen molar-refractivity contribution in [2.75, 3.05) is 5.32 Å². The van der Waals surface area contributed by atoms with Gasteiger partial charge in [0.2, 0.25) is 0 Å². The second kappa shape index (κ2) is 8.10. The Morgan fingerprint density at radius 3 is 2.56 bits per heavy atom. The van der Waals surface area contributed by atoms with E-state index in [-0.39, 0.29) is 5.91 Å². The van der Waals surface area contributed by atoms with Gasteiger partial charge in [0.1, 0.15) is 0 Å². The lowest BCUT2D eigenvalue weighted by Gasteiger charge is -2.04. The van der Waals surface area contributed by atoms with Gasteiger partial charge in [0.15, 0.2) is 5.82 Å². The van der Waals surface area contributed by atoms with Gasteiger partial charge in [-0.3, -0.25) is 9.48 Å². The maximum atomic E-state index is 12.3. The zero-order valence-electron chi connectivity index (χ0n) is 12.2. The zero-order chi connectivity index (χ0) is 18.1. The molecular weight excluding hydrogens is 581 g/mol. The molecule has 0 radical (unpaired) electrons. The van der Waals surface area contributed by atoms with Crippen molar-refractivity contribution in [3.8, 4) is 0 Å². The summed E-state index contributed by atoms with van der Waals surface area (Å²) in [5.41, 5.74) is 0.952. The van der Waals surface area contributed by atoms with Crippen molar-refractivity contribution in [1.29, 1.82) is 0 Å². The average Bonchev–Trinajstić information content (AvgIpc) is 3.06. The summed E-state index contributed by atoms with van der Waals surface area (Å²) in [6.07, 6.45) is 1.79. The molecule has 0 spiro atoms. The third-order valence-electron chi connectivity index (χ3n) is 3.15. The van der Waals surface area contributed by atoms with E-state index in [0.29, 0.717) is 31.8 Å². The highest BCUT2D eigenvalue weighted by atomic mass is 79.9. The Labute approximate surface area is 182 Å². The Kier molecular flexibility index (Phi) is 6.28. The fraction of sp³-hybridized carbons (Fsp3) is 0.0667. The maximum absolute atomic E-state index is 12.3. The Bertz CT molecular complexity index is 938. The number of aromatic nitrogens is 2. The predicted octanol–water partition coefficient (Wildman–Crippen LogP) is 6.84. The third kappa shape index (κ3) is 4.67. The molecule has 4 nitrogen and oxygen atoms in total. The largest absolute Gasteiger partial charge is 0.303 e. The Morgan fingerprint density at radius 1 is 1.16 bits per heavy atom. The molecule has 0 aliphatic rings. The third-order valence-corrected chi connectivity index (χ3v) is 7.72. The number of hydrogen-bond acceptors (Lipinski definition) is 3. The van der Waals surface area contributed by atoms with E-state index in [2.05, 4.69) is 58.2 Å². The molecule has 1 N–H and O–H groups in total. The van der Waals surface area contributed by atoms with E-state index in [1.54, 1.807) is 29.1 Å². The lowest BCUT2D eigenvalue weighted by Crippen LogP contribution is -2.11. The van der Waals surface area contributed by atoms with Crippen LogP contribution >= 0.6 is 82.3 Å². The Hall–Kier alpha value is -0.380. The normalized spacial score (nSPS) is 10.9. The molecule has 0 saturated heterocycles. The van der Waals surface area contributed by atoms with Crippen molar-refractivity contribution in [1.82, 2.24) is 9.78 Å². The average molecular weight is 589 g/mol. The second-order valence-electron chi connectivity index (χ2n) is 4.96. The molecular formula is C15H8Br3Cl2N3OS. The second-order valence-corrected chi connectivity index (χ2v) is 9.85. The van der Waals surface area contributed by atoms with Crippen LogP contribution in [0, 0.1) is 0 Å². The summed E-state index contributed by atoms with van der Waals surface area (Å²) in [4.78, 5) is 12.9. The Morgan fingerprint density at radius 2 is 1.92 bits per heavy atom. The topological polar surface area (TPSA) is 46.9 Å². The van der Waals surface area contributed by atoms with Crippen LogP contribution in [0.4, 0.5) is 5.82 Å². The predicted molar refractivity (Wildman–Crippen MR) is 113 cm³/mol. The number of halogens is 5. The van der Waals surface area contributed by atoms with Gasteiger partial charge in [-0.15, -0.1) is 11.3 Å². The molecule has 0 unspecified atom stereocenters. The van der Waals surface area contributed by atoms with Gasteiger partial charge < -0.3 is 5.32 Å². The molecule has 2 heterocycles. The molecule has 0 saturated carbocycles. The lowest BCUT2D eigenvalue weighted by atomic mass is 10.2. The van der Waals surface area contributed by atoms with Crippen molar-refractivity contribution in [3.05, 3.63) is 63.7 Å². The van der Waals surface area contributed by atoms with E-state index in [1.165, 1.54) is 11.3 Å². The first-order valence-electron chi connectivity index (χ1n) is 6.76. The van der Waals surface area contributed by atoms with Crippen molar-refractivity contribution in [3.63, 3.8) is 0 Å². The van der Waals surface area contributed by atoms with Crippen LogP contribution in [-0.4, -0.2) is 15.7 Å². The van der Waals surface area contributed by atoms with Gasteiger partial charge in [-0.25, -0.2) is 0 Å². The summed E-state index contributed by atoms with van der Waals surface area (Å²) >= 11 is 23.5. The van der Waals surface area contributed by atoms with Gasteiger partial charge in [0.05, 0.1) is 29.7 Å². The number of rotatable bonds is 4. The minimum Gasteiger partial charge on any atom is -0.303 e. The van der Waals surface area contributed by atoms with Crippen LogP contribution in [0.15, 0.2) is 43.2 Å². The SMILES string of the molecule is O=C(Nc1nn(Cc2ccc(Cl)c(Cl)c2)cc1Br)c1cc(Br)c(Br)s1. The molecule has 0 aliphatic heterocycles. The fourth-order valence-electron chi connectivity index (χ4n) is 2.02. The minimum atomic E-state index is -0.225. The summed E-state index contributed by atoms with van der Waals surface area (Å²) < 4.78 is 4.10. The van der Waals surface area contributed by atoms with Crippen LogP contribution in [0.25, 0.3) is 0 Å². The van der Waals surface area contributed by atoms with Crippen LogP contribution in [-0.2, 0) is 6.54 Å². The molecule has 130 valence electrons. The standard InChI is InChI=1S/C15H8Br3Cl2N3OS/c16-8-4-12(25-13(8)18)15(24)21-14-9(17)6-23(22-14)5-7-1-2-10(19)11(20)3-7/h1-4,6H,5H2,(H,21,22,24). The molecule has 1 aromatic carbocycles. The van der Waals surface area contributed by atoms with E-state index in [9.17, 15) is 4.79 Å². The van der Waals surface area contributed by atoms with E-state index in [0.717, 1.165) is 13.8 Å². The monoisotopic (exact) mass is 585 g/mol. The van der Waals surface area contributed by atoms with Crippen molar-refractivity contribution < 1.29 is 4.79 Å². The number of hydrogen-bond donors (Lipinski definition) is 1. The number of carbonyl (C=O) groups is 1.